The molecular formula is C12H10Cl2O6. The lowest BCUT2D eigenvalue weighted by Gasteiger charge is -2.14. The van der Waals surface area contributed by atoms with Crippen LogP contribution in [0, 0.1) is 0 Å². The van der Waals surface area contributed by atoms with Crippen molar-refractivity contribution in [1.82, 2.24) is 0 Å². The predicted molar refractivity (Wildman–Crippen MR) is 70.4 cm³/mol. The molecule has 0 aliphatic rings. The Morgan fingerprint density at radius 1 is 1.10 bits per heavy atom. The normalized spacial score (nSPS) is 10.0. The third kappa shape index (κ3) is 4.11. The summed E-state index contributed by atoms with van der Waals surface area (Å²) >= 11 is 11.8. The Morgan fingerprint density at radius 2 is 1.65 bits per heavy atom. The summed E-state index contributed by atoms with van der Waals surface area (Å²) in [4.78, 5) is 32.8. The standard InChI is InChI=1S/C12H10Cl2O6/c1-5(15)19-8-3-7(4-9(17)18)10(13)11(14)12(8)20-6(2)16/h3H,4H2,1-2H3,(H,17,18). The second-order valence-corrected chi connectivity index (χ2v) is 4.50. The number of hydrogen-bond donors (Lipinski definition) is 1. The largest absolute Gasteiger partial charge is 0.481 e. The first-order valence-corrected chi connectivity index (χ1v) is 6.07. The number of halogens is 2. The second-order valence-electron chi connectivity index (χ2n) is 3.75. The van der Waals surface area contributed by atoms with Gasteiger partial charge in [0.15, 0.2) is 11.5 Å². The van der Waals surface area contributed by atoms with Crippen molar-refractivity contribution < 1.29 is 29.0 Å². The molecular weight excluding hydrogens is 311 g/mol. The van der Waals surface area contributed by atoms with E-state index in [9.17, 15) is 14.4 Å². The molecule has 0 fully saturated rings. The maximum atomic E-state index is 11.0. The number of rotatable bonds is 4. The van der Waals surface area contributed by atoms with E-state index in [1.54, 1.807) is 0 Å². The van der Waals surface area contributed by atoms with Gasteiger partial charge < -0.3 is 14.6 Å². The topological polar surface area (TPSA) is 89.9 Å². The first-order chi connectivity index (χ1) is 9.22. The van der Waals surface area contributed by atoms with Gasteiger partial charge in [0.05, 0.1) is 11.4 Å². The van der Waals surface area contributed by atoms with Gasteiger partial charge in [0.1, 0.15) is 5.02 Å². The van der Waals surface area contributed by atoms with Crippen LogP contribution in [0.5, 0.6) is 11.5 Å². The van der Waals surface area contributed by atoms with Crippen LogP contribution in [0.1, 0.15) is 19.4 Å². The van der Waals surface area contributed by atoms with Crippen molar-refractivity contribution >= 4 is 41.1 Å². The Balaban J connectivity index is 3.41. The van der Waals surface area contributed by atoms with Gasteiger partial charge in [0.2, 0.25) is 0 Å². The van der Waals surface area contributed by atoms with Crippen molar-refractivity contribution in [3.63, 3.8) is 0 Å². The monoisotopic (exact) mass is 320 g/mol. The summed E-state index contributed by atoms with van der Waals surface area (Å²) in [6.07, 6.45) is -0.423. The Bertz CT molecular complexity index is 582. The minimum absolute atomic E-state index is 0.0822. The van der Waals surface area contributed by atoms with Crippen molar-refractivity contribution in [2.45, 2.75) is 20.3 Å². The number of carboxylic acids is 1. The van der Waals surface area contributed by atoms with Gasteiger partial charge in [-0.3, -0.25) is 14.4 Å². The lowest BCUT2D eigenvalue weighted by molar-refractivity contribution is -0.136. The van der Waals surface area contributed by atoms with E-state index in [1.807, 2.05) is 0 Å². The fraction of sp³-hybridized carbons (Fsp3) is 0.250. The molecule has 0 radical (unpaired) electrons. The van der Waals surface area contributed by atoms with Crippen molar-refractivity contribution in [2.75, 3.05) is 0 Å². The molecule has 8 heteroatoms. The van der Waals surface area contributed by atoms with E-state index in [1.165, 1.54) is 6.07 Å². The summed E-state index contributed by atoms with van der Waals surface area (Å²) in [5.41, 5.74) is 0.135. The van der Waals surface area contributed by atoms with Gasteiger partial charge in [-0.15, -0.1) is 0 Å². The minimum Gasteiger partial charge on any atom is -0.481 e. The summed E-state index contributed by atoms with van der Waals surface area (Å²) in [6, 6.07) is 1.20. The van der Waals surface area contributed by atoms with Gasteiger partial charge in [-0.25, -0.2) is 0 Å². The molecule has 0 unspecified atom stereocenters. The molecule has 0 saturated carbocycles. The van der Waals surface area contributed by atoms with Gasteiger partial charge in [-0.1, -0.05) is 23.2 Å². The zero-order valence-corrected chi connectivity index (χ0v) is 12.0. The highest BCUT2D eigenvalue weighted by atomic mass is 35.5. The molecule has 1 N–H and O–H groups in total. The average molecular weight is 321 g/mol. The molecule has 0 heterocycles. The number of benzene rings is 1. The fourth-order valence-corrected chi connectivity index (χ4v) is 1.86. The third-order valence-electron chi connectivity index (χ3n) is 2.04. The summed E-state index contributed by atoms with van der Waals surface area (Å²) in [5.74, 6) is -2.91. The predicted octanol–water partition coefficient (Wildman–Crippen LogP) is 2.47. The first kappa shape index (κ1) is 16.3. The summed E-state index contributed by atoms with van der Waals surface area (Å²) < 4.78 is 9.69. The quantitative estimate of drug-likeness (QED) is 0.677. The molecule has 6 nitrogen and oxygen atoms in total. The highest BCUT2D eigenvalue weighted by molar-refractivity contribution is 6.43. The van der Waals surface area contributed by atoms with Crippen LogP contribution in [0.4, 0.5) is 0 Å². The number of carboxylic acid groups (broad SMARTS) is 1. The van der Waals surface area contributed by atoms with Gasteiger partial charge in [-0.2, -0.15) is 0 Å². The molecule has 0 atom stereocenters. The highest BCUT2D eigenvalue weighted by Crippen LogP contribution is 2.42. The molecule has 1 aromatic carbocycles. The SMILES string of the molecule is CC(=O)Oc1cc(CC(=O)O)c(Cl)c(Cl)c1OC(C)=O. The van der Waals surface area contributed by atoms with Crippen molar-refractivity contribution in [2.24, 2.45) is 0 Å². The first-order valence-electron chi connectivity index (χ1n) is 5.31. The maximum absolute atomic E-state index is 11.0. The van der Waals surface area contributed by atoms with Crippen LogP contribution in [-0.2, 0) is 20.8 Å². The summed E-state index contributed by atoms with van der Waals surface area (Å²) in [5, 5.41) is 8.50. The van der Waals surface area contributed by atoms with Gasteiger partial charge in [-0.05, 0) is 11.6 Å². The number of ether oxygens (including phenoxy) is 2. The van der Waals surface area contributed by atoms with E-state index in [4.69, 9.17) is 37.8 Å². The van der Waals surface area contributed by atoms with Gasteiger partial charge in [0, 0.05) is 13.8 Å². The molecule has 20 heavy (non-hydrogen) atoms. The molecule has 0 saturated heterocycles. The molecule has 1 rings (SSSR count). The minimum atomic E-state index is -1.14. The van der Waals surface area contributed by atoms with Crippen LogP contribution in [0.2, 0.25) is 10.0 Å². The highest BCUT2D eigenvalue weighted by Gasteiger charge is 2.21. The number of carbonyl (C=O) groups excluding carboxylic acids is 2. The van der Waals surface area contributed by atoms with E-state index in [0.717, 1.165) is 13.8 Å². The van der Waals surface area contributed by atoms with Crippen LogP contribution in [0.25, 0.3) is 0 Å². The molecule has 1 aromatic rings. The Hall–Kier alpha value is -1.79. The van der Waals surface area contributed by atoms with Gasteiger partial charge >= 0.3 is 17.9 Å². The van der Waals surface area contributed by atoms with E-state index < -0.39 is 24.3 Å². The van der Waals surface area contributed by atoms with Crippen LogP contribution < -0.4 is 9.47 Å². The van der Waals surface area contributed by atoms with Gasteiger partial charge in [0.25, 0.3) is 0 Å². The lowest BCUT2D eigenvalue weighted by atomic mass is 10.1. The van der Waals surface area contributed by atoms with E-state index >= 15 is 0 Å². The molecule has 0 aromatic heterocycles. The zero-order valence-electron chi connectivity index (χ0n) is 10.5. The van der Waals surface area contributed by atoms with Crippen molar-refractivity contribution in [3.05, 3.63) is 21.7 Å². The van der Waals surface area contributed by atoms with Crippen LogP contribution >= 0.6 is 23.2 Å². The van der Waals surface area contributed by atoms with Crippen LogP contribution in [0.3, 0.4) is 0 Å². The Morgan fingerprint density at radius 3 is 2.10 bits per heavy atom. The Labute approximate surface area is 124 Å². The second kappa shape index (κ2) is 6.58. The number of aliphatic carboxylic acids is 1. The third-order valence-corrected chi connectivity index (χ3v) is 2.93. The lowest BCUT2D eigenvalue weighted by Crippen LogP contribution is -2.09. The Kier molecular flexibility index (Phi) is 5.35. The number of esters is 2. The maximum Gasteiger partial charge on any atom is 0.308 e. The molecule has 108 valence electrons. The van der Waals surface area contributed by atoms with E-state index in [-0.39, 0.29) is 27.1 Å². The zero-order chi connectivity index (χ0) is 15.4. The van der Waals surface area contributed by atoms with Crippen molar-refractivity contribution in [3.8, 4) is 11.5 Å². The molecule has 0 amide bonds. The molecule has 0 aliphatic heterocycles. The van der Waals surface area contributed by atoms with Crippen LogP contribution in [-0.4, -0.2) is 23.0 Å². The number of hydrogen-bond acceptors (Lipinski definition) is 5. The molecule has 0 aliphatic carbocycles. The number of carbonyl (C=O) groups is 3. The van der Waals surface area contributed by atoms with Crippen molar-refractivity contribution in [1.29, 1.82) is 0 Å². The van der Waals surface area contributed by atoms with E-state index in [2.05, 4.69) is 0 Å². The van der Waals surface area contributed by atoms with E-state index in [0.29, 0.717) is 0 Å². The molecule has 0 spiro atoms. The fourth-order valence-electron chi connectivity index (χ4n) is 1.40. The molecule has 0 bridgehead atoms. The smallest absolute Gasteiger partial charge is 0.308 e. The van der Waals surface area contributed by atoms with Crippen LogP contribution in [0.15, 0.2) is 6.07 Å². The average Bonchev–Trinajstić information content (AvgIpc) is 2.29. The summed E-state index contributed by atoms with van der Waals surface area (Å²) in [7, 11) is 0. The summed E-state index contributed by atoms with van der Waals surface area (Å²) in [6.45, 7) is 2.27.